The van der Waals surface area contributed by atoms with E-state index in [4.69, 9.17) is 0 Å². The first-order chi connectivity index (χ1) is 8.47. The van der Waals surface area contributed by atoms with Gasteiger partial charge in [0.1, 0.15) is 11.9 Å². The first-order valence-electron chi connectivity index (χ1n) is 5.02. The van der Waals surface area contributed by atoms with E-state index in [1.54, 1.807) is 22.9 Å². The molecule has 1 N–H and O–H groups in total. The number of benzene rings is 1. The maximum absolute atomic E-state index is 12.2. The molecule has 0 aliphatic rings. The van der Waals surface area contributed by atoms with Crippen molar-refractivity contribution in [2.75, 3.05) is 0 Å². The lowest BCUT2D eigenvalue weighted by atomic mass is 10.0. The number of para-hydroxylation sites is 1. The minimum Gasteiger partial charge on any atom is -0.405 e. The van der Waals surface area contributed by atoms with E-state index in [0.717, 1.165) is 0 Å². The maximum atomic E-state index is 12.2. The molecule has 0 aliphatic heterocycles. The second kappa shape index (κ2) is 4.99. The summed E-state index contributed by atoms with van der Waals surface area (Å²) in [6.07, 6.45) is -5.90. The fourth-order valence-electron chi connectivity index (χ4n) is 1.53. The van der Waals surface area contributed by atoms with Crippen LogP contribution in [0.5, 0.6) is 5.75 Å². The summed E-state index contributed by atoms with van der Waals surface area (Å²) in [5.74, 6) is -0.385. The molecule has 1 unspecified atom stereocenters. The van der Waals surface area contributed by atoms with Gasteiger partial charge in [0.05, 0.1) is 0 Å². The molecule has 2 rings (SSSR count). The van der Waals surface area contributed by atoms with Gasteiger partial charge in [-0.15, -0.1) is 13.2 Å². The molecule has 18 heavy (non-hydrogen) atoms. The summed E-state index contributed by atoms with van der Waals surface area (Å²) in [5, 5.41) is 13.4. The predicted molar refractivity (Wildman–Crippen MR) is 61.5 cm³/mol. The molecule has 2 nitrogen and oxygen atoms in total. The molecule has 0 fully saturated rings. The molecule has 0 bridgehead atoms. The van der Waals surface area contributed by atoms with E-state index in [2.05, 4.69) is 4.74 Å². The van der Waals surface area contributed by atoms with Gasteiger partial charge in [-0.1, -0.05) is 18.2 Å². The van der Waals surface area contributed by atoms with Crippen LogP contribution in [-0.2, 0) is 0 Å². The molecule has 1 aromatic heterocycles. The van der Waals surface area contributed by atoms with E-state index in [1.807, 2.05) is 0 Å². The van der Waals surface area contributed by atoms with Crippen molar-refractivity contribution in [3.63, 3.8) is 0 Å². The topological polar surface area (TPSA) is 29.5 Å². The third kappa shape index (κ3) is 3.02. The highest BCUT2D eigenvalue weighted by Crippen LogP contribution is 2.33. The Kier molecular flexibility index (Phi) is 3.58. The number of rotatable bonds is 3. The smallest absolute Gasteiger partial charge is 0.405 e. The third-order valence-electron chi connectivity index (χ3n) is 2.30. The first-order valence-corrected chi connectivity index (χ1v) is 5.96. The summed E-state index contributed by atoms with van der Waals surface area (Å²) in [4.78, 5) is 0. The van der Waals surface area contributed by atoms with Crippen LogP contribution in [0.25, 0.3) is 0 Å². The summed E-state index contributed by atoms with van der Waals surface area (Å²) < 4.78 is 40.6. The minimum atomic E-state index is -4.77. The van der Waals surface area contributed by atoms with Crippen molar-refractivity contribution in [3.8, 4) is 5.75 Å². The van der Waals surface area contributed by atoms with E-state index >= 15 is 0 Å². The molecule has 96 valence electrons. The highest BCUT2D eigenvalue weighted by atomic mass is 32.1. The van der Waals surface area contributed by atoms with Gasteiger partial charge in [0.2, 0.25) is 0 Å². The average Bonchev–Trinajstić information content (AvgIpc) is 2.80. The van der Waals surface area contributed by atoms with Gasteiger partial charge in [-0.05, 0) is 28.5 Å². The zero-order valence-electron chi connectivity index (χ0n) is 9.02. The van der Waals surface area contributed by atoms with Gasteiger partial charge in [0.25, 0.3) is 0 Å². The maximum Gasteiger partial charge on any atom is 0.573 e. The zero-order valence-corrected chi connectivity index (χ0v) is 9.83. The Labute approximate surface area is 105 Å². The number of ether oxygens (including phenoxy) is 1. The molecule has 6 heteroatoms. The van der Waals surface area contributed by atoms with Crippen LogP contribution in [-0.4, -0.2) is 11.5 Å². The highest BCUT2D eigenvalue weighted by Gasteiger charge is 2.32. The lowest BCUT2D eigenvalue weighted by molar-refractivity contribution is -0.275. The molecule has 0 saturated carbocycles. The number of alkyl halides is 3. The summed E-state index contributed by atoms with van der Waals surface area (Å²) in [7, 11) is 0. The number of aliphatic hydroxyl groups is 1. The van der Waals surface area contributed by atoms with Crippen LogP contribution in [0.3, 0.4) is 0 Å². The Balaban J connectivity index is 2.33. The molecule has 0 saturated heterocycles. The zero-order chi connectivity index (χ0) is 13.2. The Morgan fingerprint density at radius 2 is 1.89 bits per heavy atom. The van der Waals surface area contributed by atoms with Crippen LogP contribution < -0.4 is 4.74 Å². The summed E-state index contributed by atoms with van der Waals surface area (Å²) in [5.41, 5.74) is 0.631. The normalized spacial score (nSPS) is 13.3. The van der Waals surface area contributed by atoms with Crippen LogP contribution in [0.1, 0.15) is 17.2 Å². The fourth-order valence-corrected chi connectivity index (χ4v) is 2.21. The van der Waals surface area contributed by atoms with Crippen molar-refractivity contribution in [2.24, 2.45) is 0 Å². The van der Waals surface area contributed by atoms with Crippen LogP contribution in [0, 0.1) is 0 Å². The van der Waals surface area contributed by atoms with E-state index in [1.165, 1.54) is 29.5 Å². The Bertz CT molecular complexity index is 508. The van der Waals surface area contributed by atoms with Gasteiger partial charge >= 0.3 is 6.36 Å². The Hall–Kier alpha value is -1.53. The Morgan fingerprint density at radius 3 is 2.50 bits per heavy atom. The molecular weight excluding hydrogens is 265 g/mol. The number of hydrogen-bond acceptors (Lipinski definition) is 3. The number of thiophene rings is 1. The van der Waals surface area contributed by atoms with Crippen LogP contribution >= 0.6 is 11.3 Å². The molecule has 0 radical (unpaired) electrons. The molecule has 0 amide bonds. The largest absolute Gasteiger partial charge is 0.573 e. The van der Waals surface area contributed by atoms with E-state index in [9.17, 15) is 18.3 Å². The van der Waals surface area contributed by atoms with E-state index in [-0.39, 0.29) is 11.3 Å². The summed E-state index contributed by atoms with van der Waals surface area (Å²) in [6, 6.07) is 7.21. The molecule has 1 heterocycles. The van der Waals surface area contributed by atoms with Gasteiger partial charge < -0.3 is 9.84 Å². The second-order valence-electron chi connectivity index (χ2n) is 3.54. The van der Waals surface area contributed by atoms with Gasteiger partial charge in [-0.3, -0.25) is 0 Å². The van der Waals surface area contributed by atoms with Gasteiger partial charge in [0.15, 0.2) is 0 Å². The van der Waals surface area contributed by atoms with Crippen LogP contribution in [0.4, 0.5) is 13.2 Å². The highest BCUT2D eigenvalue weighted by molar-refractivity contribution is 7.07. The lowest BCUT2D eigenvalue weighted by Crippen LogP contribution is -2.18. The SMILES string of the molecule is OC(c1ccsc1)c1ccccc1OC(F)(F)F. The Morgan fingerprint density at radius 1 is 1.17 bits per heavy atom. The molecular formula is C12H9F3O2S. The van der Waals surface area contributed by atoms with Gasteiger partial charge in [0, 0.05) is 5.56 Å². The molecule has 0 spiro atoms. The minimum absolute atomic E-state index is 0.0909. The molecule has 0 aliphatic carbocycles. The van der Waals surface area contributed by atoms with Crippen molar-refractivity contribution in [3.05, 3.63) is 52.2 Å². The fraction of sp³-hybridized carbons (Fsp3) is 0.167. The van der Waals surface area contributed by atoms with Crippen molar-refractivity contribution < 1.29 is 23.0 Å². The van der Waals surface area contributed by atoms with Crippen molar-refractivity contribution in [2.45, 2.75) is 12.5 Å². The average molecular weight is 274 g/mol. The second-order valence-corrected chi connectivity index (χ2v) is 4.32. The summed E-state index contributed by atoms with van der Waals surface area (Å²) >= 11 is 1.36. The van der Waals surface area contributed by atoms with Crippen LogP contribution in [0.2, 0.25) is 0 Å². The molecule has 2 aromatic rings. The monoisotopic (exact) mass is 274 g/mol. The van der Waals surface area contributed by atoms with Crippen LogP contribution in [0.15, 0.2) is 41.1 Å². The number of aliphatic hydroxyl groups excluding tert-OH is 1. The van der Waals surface area contributed by atoms with Crippen molar-refractivity contribution in [1.82, 2.24) is 0 Å². The van der Waals surface area contributed by atoms with E-state index < -0.39 is 12.5 Å². The summed E-state index contributed by atoms with van der Waals surface area (Å²) in [6.45, 7) is 0. The van der Waals surface area contributed by atoms with Crippen molar-refractivity contribution >= 4 is 11.3 Å². The number of halogens is 3. The first kappa shape index (κ1) is 12.9. The van der Waals surface area contributed by atoms with E-state index in [0.29, 0.717) is 5.56 Å². The quantitative estimate of drug-likeness (QED) is 0.924. The van der Waals surface area contributed by atoms with Crippen molar-refractivity contribution in [1.29, 1.82) is 0 Å². The lowest BCUT2D eigenvalue weighted by Gasteiger charge is -2.16. The number of hydrogen-bond donors (Lipinski definition) is 1. The predicted octanol–water partition coefficient (Wildman–Crippen LogP) is 3.73. The van der Waals surface area contributed by atoms with Gasteiger partial charge in [-0.2, -0.15) is 11.3 Å². The van der Waals surface area contributed by atoms with Gasteiger partial charge in [-0.25, -0.2) is 0 Å². The molecule has 1 atom stereocenters. The standard InChI is InChI=1S/C12H9F3O2S/c13-12(14,15)17-10-4-2-1-3-9(10)11(16)8-5-6-18-7-8/h1-7,11,16H. The third-order valence-corrected chi connectivity index (χ3v) is 3.00. The molecule has 1 aromatic carbocycles.